The summed E-state index contributed by atoms with van der Waals surface area (Å²) in [6.07, 6.45) is 0.212. The maximum absolute atomic E-state index is 12.3. The quantitative estimate of drug-likeness (QED) is 0.386. The number of aliphatic imine (C=N–C) groups is 1. The highest BCUT2D eigenvalue weighted by molar-refractivity contribution is 6.04. The normalized spacial score (nSPS) is 11.4. The summed E-state index contributed by atoms with van der Waals surface area (Å²) < 4.78 is 0. The van der Waals surface area contributed by atoms with E-state index in [1.165, 1.54) is 0 Å². The molecule has 0 spiro atoms. The number of hydrogen-bond donors (Lipinski definition) is 5. The number of nitrogens with zero attached hydrogens (tertiary/aromatic N) is 1. The van der Waals surface area contributed by atoms with Gasteiger partial charge in [0.15, 0.2) is 5.96 Å². The minimum Gasteiger partial charge on any atom is -0.480 e. The lowest BCUT2D eigenvalue weighted by molar-refractivity contribution is -0.138. The average molecular weight is 341 g/mol. The van der Waals surface area contributed by atoms with Crippen molar-refractivity contribution in [1.29, 1.82) is 0 Å². The van der Waals surface area contributed by atoms with Gasteiger partial charge in [0.25, 0.3) is 5.91 Å². The number of anilines is 1. The molecule has 8 nitrogen and oxygen atoms in total. The highest BCUT2D eigenvalue weighted by Gasteiger charge is 2.12. The van der Waals surface area contributed by atoms with Gasteiger partial charge in [0, 0.05) is 11.3 Å². The summed E-state index contributed by atoms with van der Waals surface area (Å²) in [6, 6.07) is 12.4. The predicted molar refractivity (Wildman–Crippen MR) is 95.6 cm³/mol. The molecule has 0 bridgehead atoms. The van der Waals surface area contributed by atoms with E-state index in [1.807, 2.05) is 0 Å². The Balaban J connectivity index is 2.05. The zero-order valence-electron chi connectivity index (χ0n) is 13.3. The molecule has 8 heteroatoms. The fourth-order valence-corrected chi connectivity index (χ4v) is 2.13. The molecule has 0 heterocycles. The van der Waals surface area contributed by atoms with Crippen LogP contribution >= 0.6 is 0 Å². The number of nitrogens with two attached hydrogens (primary N) is 3. The highest BCUT2D eigenvalue weighted by Crippen LogP contribution is 2.16. The van der Waals surface area contributed by atoms with Gasteiger partial charge in [-0.25, -0.2) is 4.99 Å². The van der Waals surface area contributed by atoms with E-state index in [1.54, 1.807) is 48.5 Å². The first-order chi connectivity index (χ1) is 11.8. The van der Waals surface area contributed by atoms with Crippen molar-refractivity contribution in [3.63, 3.8) is 0 Å². The fraction of sp³-hybridized carbons (Fsp3) is 0.118. The van der Waals surface area contributed by atoms with E-state index in [2.05, 4.69) is 10.3 Å². The van der Waals surface area contributed by atoms with Gasteiger partial charge in [-0.05, 0) is 42.3 Å². The summed E-state index contributed by atoms with van der Waals surface area (Å²) in [5.74, 6) is -1.46. The first kappa shape index (κ1) is 18.0. The molecule has 0 saturated carbocycles. The molecule has 130 valence electrons. The minimum atomic E-state index is -1.06. The zero-order valence-corrected chi connectivity index (χ0v) is 13.3. The molecule has 0 aliphatic heterocycles. The van der Waals surface area contributed by atoms with E-state index in [4.69, 9.17) is 22.3 Å². The molecule has 25 heavy (non-hydrogen) atoms. The Labute approximate surface area is 144 Å². The van der Waals surface area contributed by atoms with Gasteiger partial charge in [-0.1, -0.05) is 18.2 Å². The molecular formula is C17H19N5O3. The SMILES string of the molecule is NC(N)=Nc1cccc(C(=O)Nc2ccc(C[C@H](N)C(=O)O)cc2)c1. The first-order valence-electron chi connectivity index (χ1n) is 7.43. The lowest BCUT2D eigenvalue weighted by atomic mass is 10.1. The lowest BCUT2D eigenvalue weighted by Gasteiger charge is -2.09. The number of carboxylic acid groups (broad SMARTS) is 1. The second-order valence-corrected chi connectivity index (χ2v) is 5.39. The van der Waals surface area contributed by atoms with E-state index < -0.39 is 12.0 Å². The number of carboxylic acids is 1. The van der Waals surface area contributed by atoms with Gasteiger partial charge >= 0.3 is 5.97 Å². The van der Waals surface area contributed by atoms with Gasteiger partial charge in [0.05, 0.1) is 5.69 Å². The van der Waals surface area contributed by atoms with Crippen molar-refractivity contribution in [2.24, 2.45) is 22.2 Å². The van der Waals surface area contributed by atoms with Crippen LogP contribution in [0.5, 0.6) is 0 Å². The van der Waals surface area contributed by atoms with Crippen LogP contribution in [0.25, 0.3) is 0 Å². The number of carbonyl (C=O) groups is 2. The molecule has 1 atom stereocenters. The smallest absolute Gasteiger partial charge is 0.320 e. The van der Waals surface area contributed by atoms with Crippen LogP contribution in [0, 0.1) is 0 Å². The van der Waals surface area contributed by atoms with E-state index in [0.29, 0.717) is 16.9 Å². The Bertz CT molecular complexity index is 798. The molecule has 8 N–H and O–H groups in total. The topological polar surface area (TPSA) is 157 Å². The van der Waals surface area contributed by atoms with Crippen LogP contribution < -0.4 is 22.5 Å². The van der Waals surface area contributed by atoms with Crippen molar-refractivity contribution in [2.75, 3.05) is 5.32 Å². The highest BCUT2D eigenvalue weighted by atomic mass is 16.4. The van der Waals surface area contributed by atoms with E-state index >= 15 is 0 Å². The van der Waals surface area contributed by atoms with Gasteiger partial charge in [-0.3, -0.25) is 9.59 Å². The first-order valence-corrected chi connectivity index (χ1v) is 7.43. The monoisotopic (exact) mass is 341 g/mol. The largest absolute Gasteiger partial charge is 0.480 e. The lowest BCUT2D eigenvalue weighted by Crippen LogP contribution is -2.32. The van der Waals surface area contributed by atoms with E-state index in [-0.39, 0.29) is 18.3 Å². The minimum absolute atomic E-state index is 0.0901. The number of amides is 1. The summed E-state index contributed by atoms with van der Waals surface area (Å²) in [4.78, 5) is 26.9. The molecule has 0 unspecified atom stereocenters. The summed E-state index contributed by atoms with van der Waals surface area (Å²) >= 11 is 0. The van der Waals surface area contributed by atoms with Crippen molar-refractivity contribution in [1.82, 2.24) is 0 Å². The number of rotatable bonds is 6. The number of carbonyl (C=O) groups excluding carboxylic acids is 1. The third-order valence-corrected chi connectivity index (χ3v) is 3.35. The molecule has 0 aromatic heterocycles. The summed E-state index contributed by atoms with van der Waals surface area (Å²) in [6.45, 7) is 0. The van der Waals surface area contributed by atoms with Crippen LogP contribution in [-0.4, -0.2) is 29.0 Å². The molecule has 0 saturated heterocycles. The van der Waals surface area contributed by atoms with Crippen molar-refractivity contribution in [2.45, 2.75) is 12.5 Å². The van der Waals surface area contributed by atoms with Crippen molar-refractivity contribution >= 4 is 29.2 Å². The second-order valence-electron chi connectivity index (χ2n) is 5.39. The molecule has 2 rings (SSSR count). The van der Waals surface area contributed by atoms with E-state index in [0.717, 1.165) is 5.56 Å². The van der Waals surface area contributed by atoms with Crippen molar-refractivity contribution in [3.05, 3.63) is 59.7 Å². The van der Waals surface area contributed by atoms with E-state index in [9.17, 15) is 9.59 Å². The Kier molecular flexibility index (Phi) is 5.70. The average Bonchev–Trinajstić information content (AvgIpc) is 2.56. The maximum atomic E-state index is 12.3. The molecule has 1 amide bonds. The van der Waals surface area contributed by atoms with Crippen LogP contribution in [0.3, 0.4) is 0 Å². The summed E-state index contributed by atoms with van der Waals surface area (Å²) in [5.41, 5.74) is 18.4. The standard InChI is InChI=1S/C17H19N5O3/c18-14(16(24)25)8-10-4-6-12(7-5-10)21-15(23)11-2-1-3-13(9-11)22-17(19)20/h1-7,9,14H,8,18H2,(H,21,23)(H,24,25)(H4,19,20,22)/t14-/m0/s1. The van der Waals surface area contributed by atoms with Crippen molar-refractivity contribution in [3.8, 4) is 0 Å². The van der Waals surface area contributed by atoms with Gasteiger partial charge in [0.2, 0.25) is 0 Å². The Morgan fingerprint density at radius 2 is 1.80 bits per heavy atom. The Morgan fingerprint density at radius 1 is 1.12 bits per heavy atom. The number of benzene rings is 2. The van der Waals surface area contributed by atoms with Gasteiger partial charge < -0.3 is 27.6 Å². The molecule has 2 aromatic rings. The third kappa shape index (κ3) is 5.33. The van der Waals surface area contributed by atoms with Crippen molar-refractivity contribution < 1.29 is 14.7 Å². The molecule has 0 fully saturated rings. The fourth-order valence-electron chi connectivity index (χ4n) is 2.13. The third-order valence-electron chi connectivity index (χ3n) is 3.35. The van der Waals surface area contributed by atoms with Crippen LogP contribution in [0.1, 0.15) is 15.9 Å². The second kappa shape index (κ2) is 7.93. The molecular weight excluding hydrogens is 322 g/mol. The summed E-state index contributed by atoms with van der Waals surface area (Å²) in [5, 5.41) is 11.6. The zero-order chi connectivity index (χ0) is 18.4. The predicted octanol–water partition coefficient (Wildman–Crippen LogP) is 0.798. The number of aliphatic carboxylic acids is 1. The van der Waals surface area contributed by atoms with Gasteiger partial charge in [-0.15, -0.1) is 0 Å². The molecule has 0 radical (unpaired) electrons. The molecule has 2 aromatic carbocycles. The number of guanidine groups is 1. The molecule has 0 aliphatic rings. The van der Waals surface area contributed by atoms with Gasteiger partial charge in [0.1, 0.15) is 6.04 Å². The van der Waals surface area contributed by atoms with Crippen LogP contribution in [-0.2, 0) is 11.2 Å². The number of nitrogens with one attached hydrogen (secondary N) is 1. The number of hydrogen-bond acceptors (Lipinski definition) is 4. The van der Waals surface area contributed by atoms with Crippen LogP contribution in [0.15, 0.2) is 53.5 Å². The Hall–Kier alpha value is -3.39. The Morgan fingerprint density at radius 3 is 2.40 bits per heavy atom. The maximum Gasteiger partial charge on any atom is 0.320 e. The summed E-state index contributed by atoms with van der Waals surface area (Å²) in [7, 11) is 0. The van der Waals surface area contributed by atoms with Crippen LogP contribution in [0.4, 0.5) is 11.4 Å². The van der Waals surface area contributed by atoms with Gasteiger partial charge in [-0.2, -0.15) is 0 Å². The van der Waals surface area contributed by atoms with Crippen LogP contribution in [0.2, 0.25) is 0 Å². The molecule has 0 aliphatic carbocycles.